The number of nitro groups is 1. The van der Waals surface area contributed by atoms with Crippen molar-refractivity contribution >= 4 is 24.7 Å². The maximum absolute atomic E-state index is 13.4. The van der Waals surface area contributed by atoms with Gasteiger partial charge < -0.3 is 19.4 Å². The van der Waals surface area contributed by atoms with E-state index in [4.69, 9.17) is 25.6 Å². The van der Waals surface area contributed by atoms with Gasteiger partial charge in [-0.05, 0) is 65.0 Å². The first kappa shape index (κ1) is 27.3. The minimum Gasteiger partial charge on any atom is -0.468 e. The standard InChI is InChI=1S/C25H37BClN3O6/c1-22(2)23(3,4)36-26(35-22)13-8-11-24-12-14-28-25(24,21(31)34-5)17-29(20(24)16-30(32)33)15-18-9-6-7-10-19(18)27/h6-7,9-10,20,28H,8,11-17H2,1-5H3/t20?,24-,25-/m1/s1. The maximum Gasteiger partial charge on any atom is 0.457 e. The summed E-state index contributed by atoms with van der Waals surface area (Å²) in [7, 11) is 1.02. The van der Waals surface area contributed by atoms with E-state index < -0.39 is 28.2 Å². The van der Waals surface area contributed by atoms with Crippen LogP contribution in [0.25, 0.3) is 0 Å². The van der Waals surface area contributed by atoms with E-state index in [2.05, 4.69) is 5.32 Å². The third kappa shape index (κ3) is 4.56. The lowest BCUT2D eigenvalue weighted by Crippen LogP contribution is -2.60. The number of nitrogens with one attached hydrogen (secondary N) is 1. The van der Waals surface area contributed by atoms with Crippen LogP contribution in [0.15, 0.2) is 24.3 Å². The highest BCUT2D eigenvalue weighted by atomic mass is 35.5. The molecule has 1 N–H and O–H groups in total. The molecule has 0 radical (unpaired) electrons. The number of carbonyl (C=O) groups excluding carboxylic acids is 1. The Labute approximate surface area is 218 Å². The average molecular weight is 522 g/mol. The second-order valence-electron chi connectivity index (χ2n) is 11.3. The van der Waals surface area contributed by atoms with Crippen LogP contribution < -0.4 is 5.32 Å². The number of hydrogen-bond acceptors (Lipinski definition) is 8. The maximum atomic E-state index is 13.4. The fourth-order valence-electron chi connectivity index (χ4n) is 6.45. The number of ether oxygens (including phenoxy) is 1. The Hall–Kier alpha value is -1.72. The molecule has 0 saturated carbocycles. The number of nitrogens with zero attached hydrogens (tertiary/aromatic N) is 2. The Kier molecular flexibility index (Phi) is 7.49. The summed E-state index contributed by atoms with van der Waals surface area (Å²) >= 11 is 6.44. The summed E-state index contributed by atoms with van der Waals surface area (Å²) in [6.07, 6.45) is 2.59. The summed E-state index contributed by atoms with van der Waals surface area (Å²) in [6, 6.07) is 7.02. The number of rotatable bonds is 9. The molecule has 4 rings (SSSR count). The minimum absolute atomic E-state index is 0.263. The Morgan fingerprint density at radius 3 is 2.56 bits per heavy atom. The van der Waals surface area contributed by atoms with E-state index in [9.17, 15) is 14.9 Å². The third-order valence-corrected chi connectivity index (χ3v) is 9.29. The SMILES string of the molecule is COC(=O)[C@]12CN(Cc3ccccc3Cl)C(C[N+](=O)[O-])[C@@]1(CCCB1OC(C)(C)C(C)(C)O1)CCN2. The molecule has 3 heterocycles. The number of methoxy groups -OCH3 is 1. The van der Waals surface area contributed by atoms with Crippen LogP contribution in [0.5, 0.6) is 0 Å². The zero-order valence-electron chi connectivity index (χ0n) is 21.8. The molecule has 3 aliphatic heterocycles. The van der Waals surface area contributed by atoms with Crippen molar-refractivity contribution in [1.82, 2.24) is 10.2 Å². The third-order valence-electron chi connectivity index (χ3n) is 8.92. The number of carbonyl (C=O) groups is 1. The highest BCUT2D eigenvalue weighted by Crippen LogP contribution is 2.55. The van der Waals surface area contributed by atoms with Gasteiger partial charge in [-0.2, -0.15) is 0 Å². The van der Waals surface area contributed by atoms with Crippen LogP contribution in [0, 0.1) is 15.5 Å². The van der Waals surface area contributed by atoms with Crippen molar-refractivity contribution < 1.29 is 23.8 Å². The number of benzene rings is 1. The van der Waals surface area contributed by atoms with Crippen LogP contribution in [-0.4, -0.2) is 72.4 Å². The van der Waals surface area contributed by atoms with Crippen molar-refractivity contribution in [2.45, 2.75) is 82.6 Å². The molecule has 11 heteroatoms. The van der Waals surface area contributed by atoms with Gasteiger partial charge >= 0.3 is 13.1 Å². The normalized spacial score (nSPS) is 30.9. The van der Waals surface area contributed by atoms with Gasteiger partial charge in [-0.1, -0.05) is 36.2 Å². The van der Waals surface area contributed by atoms with E-state index >= 15 is 0 Å². The van der Waals surface area contributed by atoms with Crippen molar-refractivity contribution in [3.05, 3.63) is 45.0 Å². The van der Waals surface area contributed by atoms with Gasteiger partial charge in [0.05, 0.1) is 24.4 Å². The predicted molar refractivity (Wildman–Crippen MR) is 137 cm³/mol. The van der Waals surface area contributed by atoms with Crippen LogP contribution in [0.2, 0.25) is 11.3 Å². The minimum atomic E-state index is -1.03. The first-order valence-corrected chi connectivity index (χ1v) is 13.0. The predicted octanol–water partition coefficient (Wildman–Crippen LogP) is 3.56. The van der Waals surface area contributed by atoms with Crippen molar-refractivity contribution in [2.75, 3.05) is 26.7 Å². The van der Waals surface area contributed by atoms with Gasteiger partial charge in [0, 0.05) is 28.5 Å². The molecule has 3 aliphatic rings. The summed E-state index contributed by atoms with van der Waals surface area (Å²) in [5.74, 6) is -0.370. The number of hydrogen-bond donors (Lipinski definition) is 1. The molecule has 3 fully saturated rings. The molecule has 0 aromatic heterocycles. The summed E-state index contributed by atoms with van der Waals surface area (Å²) in [4.78, 5) is 27.0. The summed E-state index contributed by atoms with van der Waals surface area (Å²) in [5.41, 5.74) is -1.67. The fourth-order valence-corrected chi connectivity index (χ4v) is 6.64. The lowest BCUT2D eigenvalue weighted by molar-refractivity contribution is -0.489. The van der Waals surface area contributed by atoms with Crippen LogP contribution in [0.3, 0.4) is 0 Å². The first-order valence-electron chi connectivity index (χ1n) is 12.7. The van der Waals surface area contributed by atoms with Crippen LogP contribution >= 0.6 is 11.6 Å². The second-order valence-corrected chi connectivity index (χ2v) is 11.7. The highest BCUT2D eigenvalue weighted by molar-refractivity contribution is 6.45. The molecule has 1 unspecified atom stereocenters. The van der Waals surface area contributed by atoms with E-state index in [1.165, 1.54) is 7.11 Å². The van der Waals surface area contributed by atoms with E-state index in [0.717, 1.165) is 5.56 Å². The molecule has 3 atom stereocenters. The van der Waals surface area contributed by atoms with Gasteiger partial charge in [-0.15, -0.1) is 0 Å². The molecule has 198 valence electrons. The Morgan fingerprint density at radius 1 is 1.28 bits per heavy atom. The summed E-state index contributed by atoms with van der Waals surface area (Å²) in [6.45, 7) is 9.15. The molecule has 0 aliphatic carbocycles. The lowest BCUT2D eigenvalue weighted by Gasteiger charge is -2.40. The highest BCUT2D eigenvalue weighted by Gasteiger charge is 2.70. The molecular weight excluding hydrogens is 485 g/mol. The number of fused-ring (bicyclic) bond motifs is 1. The van der Waals surface area contributed by atoms with Gasteiger partial charge in [0.15, 0.2) is 0 Å². The number of likely N-dealkylation sites (tertiary alicyclic amines) is 1. The van der Waals surface area contributed by atoms with Gasteiger partial charge in [-0.3, -0.25) is 15.0 Å². The Balaban J connectivity index is 1.62. The fraction of sp³-hybridized carbons (Fsp3) is 0.720. The van der Waals surface area contributed by atoms with Gasteiger partial charge in [0.25, 0.3) is 0 Å². The van der Waals surface area contributed by atoms with E-state index in [-0.39, 0.29) is 24.6 Å². The van der Waals surface area contributed by atoms with Gasteiger partial charge in [0.1, 0.15) is 5.54 Å². The molecule has 3 saturated heterocycles. The molecule has 1 aromatic rings. The van der Waals surface area contributed by atoms with Crippen LogP contribution in [0.4, 0.5) is 0 Å². The number of halogens is 1. The zero-order valence-corrected chi connectivity index (χ0v) is 22.6. The topological polar surface area (TPSA) is 103 Å². The molecule has 1 aromatic carbocycles. The molecule has 36 heavy (non-hydrogen) atoms. The molecular formula is C25H37BClN3O6. The summed E-state index contributed by atoms with van der Waals surface area (Å²) < 4.78 is 17.6. The molecule has 0 spiro atoms. The van der Waals surface area contributed by atoms with Crippen molar-refractivity contribution in [2.24, 2.45) is 5.41 Å². The average Bonchev–Trinajstić information content (AvgIpc) is 3.34. The molecule has 9 nitrogen and oxygen atoms in total. The van der Waals surface area contributed by atoms with E-state index in [1.54, 1.807) is 0 Å². The zero-order chi connectivity index (χ0) is 26.4. The Morgan fingerprint density at radius 2 is 1.94 bits per heavy atom. The first-order chi connectivity index (χ1) is 16.9. The smallest absolute Gasteiger partial charge is 0.457 e. The van der Waals surface area contributed by atoms with E-state index in [0.29, 0.717) is 50.2 Å². The monoisotopic (exact) mass is 521 g/mol. The lowest BCUT2D eigenvalue weighted by atomic mass is 9.64. The van der Waals surface area contributed by atoms with Crippen LogP contribution in [0.1, 0.15) is 52.5 Å². The molecule has 0 amide bonds. The van der Waals surface area contributed by atoms with Crippen molar-refractivity contribution in [3.8, 4) is 0 Å². The molecule has 0 bridgehead atoms. The second kappa shape index (κ2) is 9.87. The van der Waals surface area contributed by atoms with Gasteiger partial charge in [0.2, 0.25) is 6.54 Å². The summed E-state index contributed by atoms with van der Waals surface area (Å²) in [5, 5.41) is 15.9. The largest absolute Gasteiger partial charge is 0.468 e. The quantitative estimate of drug-likeness (QED) is 0.228. The number of esters is 1. The van der Waals surface area contributed by atoms with Crippen molar-refractivity contribution in [3.63, 3.8) is 0 Å². The van der Waals surface area contributed by atoms with Crippen LogP contribution in [-0.2, 0) is 25.4 Å². The van der Waals surface area contributed by atoms with E-state index in [1.807, 2.05) is 56.9 Å². The van der Waals surface area contributed by atoms with Gasteiger partial charge in [-0.25, -0.2) is 4.79 Å². The van der Waals surface area contributed by atoms with Crippen molar-refractivity contribution in [1.29, 1.82) is 0 Å². The Bertz CT molecular complexity index is 994.